The Bertz CT molecular complexity index is 227. The molecule has 1 amide bonds. The molecule has 1 saturated heterocycles. The molecular formula is C15H29NO. The third kappa shape index (κ3) is 5.10. The second-order valence-corrected chi connectivity index (χ2v) is 6.25. The fraction of sp³-hybridized carbons (Fsp3) is 0.933. The van der Waals surface area contributed by atoms with Gasteiger partial charge >= 0.3 is 0 Å². The van der Waals surface area contributed by atoms with Gasteiger partial charge < -0.3 is 4.90 Å². The van der Waals surface area contributed by atoms with Gasteiger partial charge in [0.05, 0.1) is 0 Å². The van der Waals surface area contributed by atoms with Crippen LogP contribution in [-0.2, 0) is 4.79 Å². The van der Waals surface area contributed by atoms with E-state index in [0.717, 1.165) is 24.9 Å². The maximum absolute atomic E-state index is 11.8. The number of piperidine rings is 1. The van der Waals surface area contributed by atoms with Crippen molar-refractivity contribution >= 4 is 5.91 Å². The summed E-state index contributed by atoms with van der Waals surface area (Å²) in [5.74, 6) is 2.20. The van der Waals surface area contributed by atoms with Crippen LogP contribution in [0.25, 0.3) is 0 Å². The van der Waals surface area contributed by atoms with E-state index >= 15 is 0 Å². The zero-order valence-electron chi connectivity index (χ0n) is 12.0. The first kappa shape index (κ1) is 14.5. The highest BCUT2D eigenvalue weighted by Gasteiger charge is 2.23. The summed E-state index contributed by atoms with van der Waals surface area (Å²) in [6.45, 7) is 10.6. The van der Waals surface area contributed by atoms with Crippen LogP contribution in [0.15, 0.2) is 0 Å². The Hall–Kier alpha value is -0.530. The highest BCUT2D eigenvalue weighted by atomic mass is 16.2. The Balaban J connectivity index is 2.19. The summed E-state index contributed by atoms with van der Waals surface area (Å²) >= 11 is 0. The molecule has 1 rings (SSSR count). The molecule has 0 atom stereocenters. The Morgan fingerprint density at radius 3 is 2.24 bits per heavy atom. The molecule has 2 heteroatoms. The van der Waals surface area contributed by atoms with Gasteiger partial charge in [0.2, 0.25) is 5.91 Å². The Kier molecular flexibility index (Phi) is 6.01. The van der Waals surface area contributed by atoms with E-state index in [2.05, 4.69) is 18.7 Å². The lowest BCUT2D eigenvalue weighted by molar-refractivity contribution is -0.135. The molecule has 0 aromatic carbocycles. The zero-order valence-corrected chi connectivity index (χ0v) is 12.0. The smallest absolute Gasteiger partial charge is 0.225 e. The molecule has 0 saturated carbocycles. The lowest BCUT2D eigenvalue weighted by atomic mass is 9.90. The molecule has 0 aliphatic carbocycles. The molecule has 1 heterocycles. The van der Waals surface area contributed by atoms with E-state index in [1.807, 2.05) is 13.8 Å². The molecule has 0 N–H and O–H groups in total. The topological polar surface area (TPSA) is 20.3 Å². The predicted octanol–water partition coefficient (Wildman–Crippen LogP) is 3.71. The van der Waals surface area contributed by atoms with E-state index in [4.69, 9.17) is 0 Å². The largest absolute Gasteiger partial charge is 0.342 e. The highest BCUT2D eigenvalue weighted by molar-refractivity contribution is 5.78. The predicted molar refractivity (Wildman–Crippen MR) is 72.8 cm³/mol. The average molecular weight is 239 g/mol. The van der Waals surface area contributed by atoms with Crippen molar-refractivity contribution < 1.29 is 4.79 Å². The summed E-state index contributed by atoms with van der Waals surface area (Å²) in [5, 5.41) is 0. The number of hydrogen-bond acceptors (Lipinski definition) is 1. The van der Waals surface area contributed by atoms with Crippen LogP contribution in [0.2, 0.25) is 0 Å². The summed E-state index contributed by atoms with van der Waals surface area (Å²) < 4.78 is 0. The number of amides is 1. The van der Waals surface area contributed by atoms with Gasteiger partial charge in [-0.1, -0.05) is 47.0 Å². The van der Waals surface area contributed by atoms with Gasteiger partial charge in [-0.25, -0.2) is 0 Å². The fourth-order valence-corrected chi connectivity index (χ4v) is 2.62. The molecule has 0 spiro atoms. The van der Waals surface area contributed by atoms with Gasteiger partial charge in [-0.05, 0) is 24.7 Å². The molecule has 0 radical (unpaired) electrons. The van der Waals surface area contributed by atoms with Gasteiger partial charge in [0.1, 0.15) is 0 Å². The van der Waals surface area contributed by atoms with E-state index in [-0.39, 0.29) is 5.92 Å². The minimum absolute atomic E-state index is 0.160. The van der Waals surface area contributed by atoms with Crippen molar-refractivity contribution in [1.82, 2.24) is 4.90 Å². The number of rotatable bonds is 5. The molecule has 1 fully saturated rings. The van der Waals surface area contributed by atoms with E-state index in [1.54, 1.807) is 0 Å². The van der Waals surface area contributed by atoms with Crippen molar-refractivity contribution in [2.24, 2.45) is 17.8 Å². The van der Waals surface area contributed by atoms with Gasteiger partial charge in [-0.2, -0.15) is 0 Å². The molecule has 1 aliphatic rings. The van der Waals surface area contributed by atoms with E-state index in [0.29, 0.717) is 5.91 Å². The monoisotopic (exact) mass is 239 g/mol. The summed E-state index contributed by atoms with van der Waals surface area (Å²) in [6, 6.07) is 0. The van der Waals surface area contributed by atoms with Gasteiger partial charge in [0.15, 0.2) is 0 Å². The standard InChI is InChI=1S/C15H29NO/c1-12(2)6-5-7-14-8-10-16(11-9-14)15(17)13(3)4/h12-14H,5-11H2,1-4H3. The summed E-state index contributed by atoms with van der Waals surface area (Å²) in [5.41, 5.74) is 0. The van der Waals surface area contributed by atoms with Gasteiger partial charge in [0, 0.05) is 19.0 Å². The van der Waals surface area contributed by atoms with Crippen LogP contribution in [0.5, 0.6) is 0 Å². The van der Waals surface area contributed by atoms with Crippen molar-refractivity contribution in [1.29, 1.82) is 0 Å². The first-order chi connectivity index (χ1) is 8.00. The third-order valence-electron chi connectivity index (χ3n) is 3.81. The fourth-order valence-electron chi connectivity index (χ4n) is 2.62. The van der Waals surface area contributed by atoms with E-state index < -0.39 is 0 Å². The lowest BCUT2D eigenvalue weighted by Crippen LogP contribution is -2.40. The zero-order chi connectivity index (χ0) is 12.8. The SMILES string of the molecule is CC(C)CCCC1CCN(C(=O)C(C)C)CC1. The van der Waals surface area contributed by atoms with E-state index in [1.165, 1.54) is 32.1 Å². The van der Waals surface area contributed by atoms with Crippen LogP contribution in [0.4, 0.5) is 0 Å². The summed E-state index contributed by atoms with van der Waals surface area (Å²) in [4.78, 5) is 13.9. The molecule has 0 bridgehead atoms. The number of carbonyl (C=O) groups is 1. The first-order valence-electron chi connectivity index (χ1n) is 7.29. The Morgan fingerprint density at radius 1 is 1.18 bits per heavy atom. The van der Waals surface area contributed by atoms with Crippen LogP contribution in [-0.4, -0.2) is 23.9 Å². The maximum atomic E-state index is 11.8. The molecule has 100 valence electrons. The normalized spacial score (nSPS) is 18.1. The number of hydrogen-bond donors (Lipinski definition) is 0. The van der Waals surface area contributed by atoms with Gasteiger partial charge in [0.25, 0.3) is 0 Å². The third-order valence-corrected chi connectivity index (χ3v) is 3.81. The quantitative estimate of drug-likeness (QED) is 0.716. The van der Waals surface area contributed by atoms with Crippen molar-refractivity contribution in [3.8, 4) is 0 Å². The molecule has 0 unspecified atom stereocenters. The first-order valence-corrected chi connectivity index (χ1v) is 7.29. The minimum Gasteiger partial charge on any atom is -0.342 e. The molecule has 0 aromatic rings. The maximum Gasteiger partial charge on any atom is 0.225 e. The number of carbonyl (C=O) groups excluding carboxylic acids is 1. The van der Waals surface area contributed by atoms with E-state index in [9.17, 15) is 4.79 Å². The van der Waals surface area contributed by atoms with Crippen molar-refractivity contribution in [3.05, 3.63) is 0 Å². The second-order valence-electron chi connectivity index (χ2n) is 6.25. The van der Waals surface area contributed by atoms with Crippen LogP contribution >= 0.6 is 0 Å². The van der Waals surface area contributed by atoms with Crippen molar-refractivity contribution in [3.63, 3.8) is 0 Å². The average Bonchev–Trinajstić information content (AvgIpc) is 2.28. The van der Waals surface area contributed by atoms with Crippen LogP contribution in [0.1, 0.15) is 59.8 Å². The van der Waals surface area contributed by atoms with Crippen LogP contribution in [0, 0.1) is 17.8 Å². The molecular weight excluding hydrogens is 210 g/mol. The Morgan fingerprint density at radius 2 is 1.76 bits per heavy atom. The van der Waals surface area contributed by atoms with Crippen molar-refractivity contribution in [2.45, 2.75) is 59.8 Å². The van der Waals surface area contributed by atoms with Crippen LogP contribution in [0.3, 0.4) is 0 Å². The Labute approximate surface area is 107 Å². The molecule has 1 aliphatic heterocycles. The summed E-state index contributed by atoms with van der Waals surface area (Å²) in [7, 11) is 0. The molecule has 2 nitrogen and oxygen atoms in total. The lowest BCUT2D eigenvalue weighted by Gasteiger charge is -2.33. The number of likely N-dealkylation sites (tertiary alicyclic amines) is 1. The summed E-state index contributed by atoms with van der Waals surface area (Å²) in [6.07, 6.45) is 6.51. The van der Waals surface area contributed by atoms with Crippen molar-refractivity contribution in [2.75, 3.05) is 13.1 Å². The van der Waals surface area contributed by atoms with Crippen LogP contribution < -0.4 is 0 Å². The molecule has 0 aromatic heterocycles. The minimum atomic E-state index is 0.160. The highest BCUT2D eigenvalue weighted by Crippen LogP contribution is 2.24. The van der Waals surface area contributed by atoms with Gasteiger partial charge in [-0.3, -0.25) is 4.79 Å². The molecule has 17 heavy (non-hydrogen) atoms. The second kappa shape index (κ2) is 7.03. The van der Waals surface area contributed by atoms with Gasteiger partial charge in [-0.15, -0.1) is 0 Å². The number of nitrogens with zero attached hydrogens (tertiary/aromatic N) is 1.